The van der Waals surface area contributed by atoms with Gasteiger partial charge in [0, 0.05) is 19.3 Å². The number of phosphoric ester groups is 2. The van der Waals surface area contributed by atoms with Gasteiger partial charge in [-0.25, -0.2) is 9.13 Å². The van der Waals surface area contributed by atoms with Crippen LogP contribution < -0.4 is 0 Å². The summed E-state index contributed by atoms with van der Waals surface area (Å²) in [5, 5.41) is 20.6. The lowest BCUT2D eigenvalue weighted by atomic mass is 10.0. The number of aliphatic hydroxyl groups is 2. The molecule has 97 heavy (non-hydrogen) atoms. The van der Waals surface area contributed by atoms with Gasteiger partial charge >= 0.3 is 33.6 Å². The molecule has 0 fully saturated rings. The molecule has 0 rings (SSSR count). The molecule has 0 saturated heterocycles. The normalized spacial score (nSPS) is 14.8. The summed E-state index contributed by atoms with van der Waals surface area (Å²) >= 11 is 0. The van der Waals surface area contributed by atoms with Crippen molar-refractivity contribution < 1.29 is 75.8 Å². The van der Waals surface area contributed by atoms with Crippen LogP contribution in [0.2, 0.25) is 0 Å². The molecule has 0 aliphatic rings. The summed E-state index contributed by atoms with van der Waals surface area (Å²) in [6.07, 6.45) is 83.8. The zero-order valence-corrected chi connectivity index (χ0v) is 62.5. The Kier molecular flexibility index (Phi) is 68.8. The van der Waals surface area contributed by atoms with Gasteiger partial charge in [-0.1, -0.05) is 290 Å². The third kappa shape index (κ3) is 73.0. The van der Waals surface area contributed by atoms with Crippen LogP contribution in [0.5, 0.6) is 0 Å². The lowest BCUT2D eigenvalue weighted by Crippen LogP contribution is -2.30. The zero-order chi connectivity index (χ0) is 70.9. The van der Waals surface area contributed by atoms with Crippen LogP contribution in [-0.4, -0.2) is 95.9 Å². The molecule has 0 saturated carbocycles. The van der Waals surface area contributed by atoms with Crippen molar-refractivity contribution >= 4 is 33.6 Å². The van der Waals surface area contributed by atoms with Crippen molar-refractivity contribution in [3.63, 3.8) is 0 Å². The topological polar surface area (TPSA) is 231 Å². The minimum atomic E-state index is -4.93. The lowest BCUT2D eigenvalue weighted by Gasteiger charge is -2.21. The highest BCUT2D eigenvalue weighted by Crippen LogP contribution is 2.45. The van der Waals surface area contributed by atoms with Crippen LogP contribution in [0.3, 0.4) is 0 Å². The molecule has 558 valence electrons. The number of unbranched alkanes of at least 4 members (excludes halogenated alkanes) is 28. The smallest absolute Gasteiger partial charge is 0.463 e. The zero-order valence-electron chi connectivity index (χ0n) is 60.7. The molecule has 16 nitrogen and oxygen atoms in total. The van der Waals surface area contributed by atoms with E-state index in [1.165, 1.54) is 103 Å². The maximum absolute atomic E-state index is 12.9. The molecule has 0 heterocycles. The molecule has 4 N–H and O–H groups in total. The Labute approximate surface area is 589 Å². The lowest BCUT2D eigenvalue weighted by molar-refractivity contribution is -0.161. The molecule has 5 unspecified atom stereocenters. The van der Waals surface area contributed by atoms with E-state index < -0.39 is 91.5 Å². The van der Waals surface area contributed by atoms with Gasteiger partial charge in [0.15, 0.2) is 6.10 Å². The van der Waals surface area contributed by atoms with E-state index in [2.05, 4.69) is 142 Å². The van der Waals surface area contributed by atoms with Crippen molar-refractivity contribution in [3.05, 3.63) is 122 Å². The van der Waals surface area contributed by atoms with Crippen molar-refractivity contribution in [3.8, 4) is 0 Å². The molecule has 0 aromatic rings. The first kappa shape index (κ1) is 93.0. The van der Waals surface area contributed by atoms with Crippen molar-refractivity contribution in [2.24, 2.45) is 0 Å². The fourth-order valence-corrected chi connectivity index (χ4v) is 11.5. The molecule has 5 atom stereocenters. The first-order valence-electron chi connectivity index (χ1n) is 37.8. The number of aliphatic hydroxyl groups excluding tert-OH is 2. The van der Waals surface area contributed by atoms with Gasteiger partial charge in [-0.3, -0.25) is 32.5 Å². The first-order valence-corrected chi connectivity index (χ1v) is 40.8. The molecular formula is C79H136O16P2. The van der Waals surface area contributed by atoms with Gasteiger partial charge < -0.3 is 34.2 Å². The fourth-order valence-electron chi connectivity index (χ4n) is 9.91. The van der Waals surface area contributed by atoms with E-state index in [-0.39, 0.29) is 19.3 Å². The van der Waals surface area contributed by atoms with E-state index in [1.54, 1.807) is 0 Å². The van der Waals surface area contributed by atoms with E-state index in [9.17, 15) is 43.5 Å². The van der Waals surface area contributed by atoms with Crippen molar-refractivity contribution in [2.45, 2.75) is 322 Å². The Balaban J connectivity index is 4.60. The molecular weight excluding hydrogens is 1270 g/mol. The third-order valence-corrected chi connectivity index (χ3v) is 17.6. The van der Waals surface area contributed by atoms with Gasteiger partial charge in [-0.15, -0.1) is 0 Å². The van der Waals surface area contributed by atoms with Crippen LogP contribution in [0, 0.1) is 0 Å². The number of allylic oxidation sites excluding steroid dienone is 20. The van der Waals surface area contributed by atoms with Gasteiger partial charge in [0.25, 0.3) is 0 Å². The fraction of sp³-hybridized carbons (Fsp3) is 0.709. The van der Waals surface area contributed by atoms with Crippen molar-refractivity contribution in [1.82, 2.24) is 0 Å². The van der Waals surface area contributed by atoms with E-state index in [1.807, 2.05) is 0 Å². The second-order valence-electron chi connectivity index (χ2n) is 25.1. The monoisotopic (exact) mass is 1400 g/mol. The van der Waals surface area contributed by atoms with Crippen LogP contribution in [0.4, 0.5) is 0 Å². The Hall–Kier alpha value is -4.05. The van der Waals surface area contributed by atoms with Crippen LogP contribution >= 0.6 is 15.6 Å². The molecule has 0 aliphatic carbocycles. The number of carbonyl (C=O) groups is 3. The second kappa shape index (κ2) is 71.8. The maximum Gasteiger partial charge on any atom is 0.472 e. The van der Waals surface area contributed by atoms with Crippen molar-refractivity contribution in [2.75, 3.05) is 39.6 Å². The van der Waals surface area contributed by atoms with Crippen molar-refractivity contribution in [1.29, 1.82) is 0 Å². The molecule has 0 bridgehead atoms. The predicted octanol–water partition coefficient (Wildman–Crippen LogP) is 21.8. The largest absolute Gasteiger partial charge is 0.472 e. The highest BCUT2D eigenvalue weighted by Gasteiger charge is 2.29. The maximum atomic E-state index is 12.9. The van der Waals surface area contributed by atoms with Gasteiger partial charge in [-0.05, 0) is 116 Å². The van der Waals surface area contributed by atoms with Gasteiger partial charge in [0.1, 0.15) is 25.4 Å². The third-order valence-electron chi connectivity index (χ3n) is 15.7. The van der Waals surface area contributed by atoms with Crippen LogP contribution in [0.15, 0.2) is 122 Å². The summed E-state index contributed by atoms with van der Waals surface area (Å²) < 4.78 is 61.0. The molecule has 0 aromatic carbocycles. The number of carbonyl (C=O) groups excluding carboxylic acids is 3. The number of esters is 3. The molecule has 0 spiro atoms. The van der Waals surface area contributed by atoms with E-state index in [0.717, 1.165) is 141 Å². The summed E-state index contributed by atoms with van der Waals surface area (Å²) in [7, 11) is -9.79. The average Bonchev–Trinajstić information content (AvgIpc) is 1.87. The highest BCUT2D eigenvalue weighted by atomic mass is 31.2. The Morgan fingerprint density at radius 2 is 0.546 bits per heavy atom. The predicted molar refractivity (Wildman–Crippen MR) is 399 cm³/mol. The van der Waals surface area contributed by atoms with E-state index >= 15 is 0 Å². The molecule has 0 aromatic heterocycles. The highest BCUT2D eigenvalue weighted by molar-refractivity contribution is 7.47. The number of phosphoric acid groups is 2. The molecule has 0 amide bonds. The summed E-state index contributed by atoms with van der Waals surface area (Å²) in [5.74, 6) is -1.60. The summed E-state index contributed by atoms with van der Waals surface area (Å²) in [6.45, 7) is 2.51. The SMILES string of the molecule is CC/C=C\C/C=C\C/C=C\C/C=C\C/C=C\C/C=C\CCCCCCC(=O)OCC(COP(=O)(O)OCC(O)COP(=O)(O)OCC(O)COC(=O)CCCCCCCCCCC/C=C\C/C=C\C/C=C\C/C=C\CCCCC)OC(=O)CCCCCCCCCCCCCCC. The Morgan fingerprint density at radius 1 is 0.299 bits per heavy atom. The standard InChI is InChI=1S/C79H136O16P2/c1-4-7-10-13-16-19-22-25-27-29-31-33-35-36-38-40-41-43-45-48-50-53-56-59-62-65-77(82)89-68-74(80)69-91-96(85,86)92-70-75(81)71-93-97(87,88)94-73-76(95-79(84)67-64-61-58-55-52-47-24-21-18-15-12-9-6-3)72-90-78(83)66-63-60-57-54-51-49-46-44-42-39-37-34-32-30-28-26-23-20-17-14-11-8-5-2/h8,11,16-17,19-20,25-28,31-34,36,38-39,42,46,49,74-76,80-81H,4-7,9-10,12-15,18,21-24,29-30,35,37,40-41,43-45,47-48,50-73H2,1-3H3,(H,85,86)(H,87,88)/b11-8-,19-16-,20-17-,27-25-,28-26-,33-31-,34-32-,38-36-,42-39-,49-46-. The Bertz CT molecular complexity index is 2250. The average molecular weight is 1400 g/mol. The number of rotatable bonds is 71. The van der Waals surface area contributed by atoms with Gasteiger partial charge in [-0.2, -0.15) is 0 Å². The first-order chi connectivity index (χ1) is 47.2. The number of ether oxygens (including phenoxy) is 3. The van der Waals surface area contributed by atoms with Gasteiger partial charge in [0.2, 0.25) is 0 Å². The minimum Gasteiger partial charge on any atom is -0.463 e. The molecule has 0 aliphatic heterocycles. The van der Waals surface area contributed by atoms with Gasteiger partial charge in [0.05, 0.1) is 26.4 Å². The molecule has 18 heteroatoms. The van der Waals surface area contributed by atoms with Crippen LogP contribution in [0.1, 0.15) is 303 Å². The summed E-state index contributed by atoms with van der Waals surface area (Å²) in [5.41, 5.74) is 0. The molecule has 0 radical (unpaired) electrons. The quantitative estimate of drug-likeness (QED) is 0.0146. The Morgan fingerprint density at radius 3 is 0.887 bits per heavy atom. The summed E-state index contributed by atoms with van der Waals surface area (Å²) in [4.78, 5) is 58.5. The van der Waals surface area contributed by atoms with Crippen LogP contribution in [0.25, 0.3) is 0 Å². The minimum absolute atomic E-state index is 0.0989. The van der Waals surface area contributed by atoms with E-state index in [0.29, 0.717) is 19.3 Å². The summed E-state index contributed by atoms with van der Waals surface area (Å²) in [6, 6.07) is 0. The number of hydrogen-bond acceptors (Lipinski definition) is 14. The van der Waals surface area contributed by atoms with E-state index in [4.69, 9.17) is 32.3 Å². The van der Waals surface area contributed by atoms with Crippen LogP contribution in [-0.2, 0) is 55.8 Å². The number of hydrogen-bond donors (Lipinski definition) is 4. The second-order valence-corrected chi connectivity index (χ2v) is 28.0.